The van der Waals surface area contributed by atoms with Crippen molar-refractivity contribution in [2.24, 2.45) is 0 Å². The van der Waals surface area contributed by atoms with Gasteiger partial charge in [-0.3, -0.25) is 0 Å². The number of nitrogens with zero attached hydrogens (tertiary/aromatic N) is 1. The number of ether oxygens (including phenoxy) is 1. The normalized spacial score (nSPS) is 10.8. The maximum absolute atomic E-state index is 12.4. The molecule has 0 aliphatic rings. The summed E-state index contributed by atoms with van der Waals surface area (Å²) in [5.74, 6) is -0.300. The first-order valence-corrected chi connectivity index (χ1v) is 10.2. The monoisotopic (exact) mass is 359 g/mol. The van der Waals surface area contributed by atoms with Gasteiger partial charge in [0.2, 0.25) is 0 Å². The van der Waals surface area contributed by atoms with Crippen LogP contribution in [0, 0.1) is 6.92 Å². The number of rotatable bonds is 11. The molecule has 0 bridgehead atoms. The van der Waals surface area contributed by atoms with Crippen LogP contribution in [0.15, 0.2) is 30.3 Å². The number of unbranched alkanes of at least 4 members (excludes halogenated alkanes) is 7. The number of benzene rings is 1. The third-order valence-corrected chi connectivity index (χ3v) is 5.21. The van der Waals surface area contributed by atoms with Gasteiger partial charge < -0.3 is 4.74 Å². The lowest BCUT2D eigenvalue weighted by molar-refractivity contribution is 0.0492. The molecule has 0 radical (unpaired) electrons. The van der Waals surface area contributed by atoms with Gasteiger partial charge in [0.15, 0.2) is 5.69 Å². The predicted octanol–water partition coefficient (Wildman–Crippen LogP) is 6.42. The van der Waals surface area contributed by atoms with Crippen molar-refractivity contribution in [1.29, 1.82) is 0 Å². The number of hydrogen-bond acceptors (Lipinski definition) is 4. The van der Waals surface area contributed by atoms with E-state index in [-0.39, 0.29) is 5.97 Å². The molecule has 0 atom stereocenters. The Balaban J connectivity index is 1.75. The number of aromatic nitrogens is 1. The van der Waals surface area contributed by atoms with Gasteiger partial charge in [-0.25, -0.2) is 9.78 Å². The molecule has 0 amide bonds. The van der Waals surface area contributed by atoms with E-state index in [1.165, 1.54) is 38.5 Å². The van der Waals surface area contributed by atoms with Crippen molar-refractivity contribution in [2.75, 3.05) is 6.61 Å². The molecule has 1 heterocycles. The SMILES string of the molecule is CCCCCCCCCCOC(=O)c1nc(C)sc1-c1ccccc1. The van der Waals surface area contributed by atoms with Gasteiger partial charge in [0, 0.05) is 0 Å². The highest BCUT2D eigenvalue weighted by Gasteiger charge is 2.19. The molecule has 4 heteroatoms. The van der Waals surface area contributed by atoms with Crippen LogP contribution in [0.5, 0.6) is 0 Å². The summed E-state index contributed by atoms with van der Waals surface area (Å²) in [5, 5.41) is 0.887. The summed E-state index contributed by atoms with van der Waals surface area (Å²) in [7, 11) is 0. The van der Waals surface area contributed by atoms with Gasteiger partial charge in [-0.15, -0.1) is 11.3 Å². The lowest BCUT2D eigenvalue weighted by atomic mass is 10.1. The van der Waals surface area contributed by atoms with Crippen LogP contribution in [-0.4, -0.2) is 17.6 Å². The predicted molar refractivity (Wildman–Crippen MR) is 105 cm³/mol. The molecule has 0 aliphatic carbocycles. The van der Waals surface area contributed by atoms with Gasteiger partial charge in [0.25, 0.3) is 0 Å². The third kappa shape index (κ3) is 6.62. The van der Waals surface area contributed by atoms with Gasteiger partial charge in [0.1, 0.15) is 0 Å². The Kier molecular flexibility index (Phi) is 8.67. The molecule has 0 spiro atoms. The van der Waals surface area contributed by atoms with Crippen LogP contribution < -0.4 is 0 Å². The molecule has 136 valence electrons. The quantitative estimate of drug-likeness (QED) is 0.343. The molecule has 0 fully saturated rings. The number of thiazole rings is 1. The fourth-order valence-electron chi connectivity index (χ4n) is 2.82. The summed E-state index contributed by atoms with van der Waals surface area (Å²) in [6.45, 7) is 4.65. The Morgan fingerprint density at radius 2 is 1.64 bits per heavy atom. The van der Waals surface area contributed by atoms with Crippen LogP contribution in [0.25, 0.3) is 10.4 Å². The number of carbonyl (C=O) groups excluding carboxylic acids is 1. The Morgan fingerprint density at radius 3 is 2.32 bits per heavy atom. The van der Waals surface area contributed by atoms with Crippen LogP contribution in [0.1, 0.15) is 73.8 Å². The minimum absolute atomic E-state index is 0.300. The van der Waals surface area contributed by atoms with E-state index in [1.807, 2.05) is 37.3 Å². The number of aryl methyl sites for hydroxylation is 1. The van der Waals surface area contributed by atoms with Crippen molar-refractivity contribution in [2.45, 2.75) is 65.2 Å². The van der Waals surface area contributed by atoms with Crippen LogP contribution in [0.4, 0.5) is 0 Å². The Bertz CT molecular complexity index is 637. The third-order valence-electron chi connectivity index (χ3n) is 4.19. The molecular formula is C21H29NO2S. The zero-order valence-corrected chi connectivity index (χ0v) is 16.2. The number of hydrogen-bond donors (Lipinski definition) is 0. The summed E-state index contributed by atoms with van der Waals surface area (Å²) in [6.07, 6.45) is 9.88. The van der Waals surface area contributed by atoms with Crippen molar-refractivity contribution in [3.05, 3.63) is 41.0 Å². The highest BCUT2D eigenvalue weighted by atomic mass is 32.1. The largest absolute Gasteiger partial charge is 0.461 e. The molecule has 1 aromatic carbocycles. The molecule has 2 rings (SSSR count). The topological polar surface area (TPSA) is 39.2 Å². The molecular weight excluding hydrogens is 330 g/mol. The van der Waals surface area contributed by atoms with E-state index < -0.39 is 0 Å². The van der Waals surface area contributed by atoms with Crippen molar-refractivity contribution in [3.8, 4) is 10.4 Å². The van der Waals surface area contributed by atoms with Crippen LogP contribution in [-0.2, 0) is 4.74 Å². The van der Waals surface area contributed by atoms with E-state index in [0.29, 0.717) is 12.3 Å². The Morgan fingerprint density at radius 1 is 1.00 bits per heavy atom. The first-order valence-electron chi connectivity index (χ1n) is 9.42. The fraction of sp³-hybridized carbons (Fsp3) is 0.524. The van der Waals surface area contributed by atoms with E-state index in [1.54, 1.807) is 11.3 Å². The molecule has 0 N–H and O–H groups in total. The second-order valence-electron chi connectivity index (χ2n) is 6.39. The zero-order chi connectivity index (χ0) is 17.9. The average molecular weight is 360 g/mol. The summed E-state index contributed by atoms with van der Waals surface area (Å²) < 4.78 is 5.45. The van der Waals surface area contributed by atoms with Crippen molar-refractivity contribution in [1.82, 2.24) is 4.98 Å². The minimum atomic E-state index is -0.300. The molecule has 0 saturated carbocycles. The highest BCUT2D eigenvalue weighted by Crippen LogP contribution is 2.30. The molecule has 25 heavy (non-hydrogen) atoms. The van der Waals surface area contributed by atoms with Gasteiger partial charge in [-0.2, -0.15) is 0 Å². The summed E-state index contributed by atoms with van der Waals surface area (Å²) in [5.41, 5.74) is 1.47. The van der Waals surface area contributed by atoms with Crippen LogP contribution in [0.2, 0.25) is 0 Å². The van der Waals surface area contributed by atoms with E-state index in [2.05, 4.69) is 11.9 Å². The Labute approximate surface area is 155 Å². The van der Waals surface area contributed by atoms with Crippen molar-refractivity contribution in [3.63, 3.8) is 0 Å². The summed E-state index contributed by atoms with van der Waals surface area (Å²) in [4.78, 5) is 17.7. The van der Waals surface area contributed by atoms with Gasteiger partial charge >= 0.3 is 5.97 Å². The van der Waals surface area contributed by atoms with E-state index >= 15 is 0 Å². The van der Waals surface area contributed by atoms with E-state index in [9.17, 15) is 4.79 Å². The Hall–Kier alpha value is -1.68. The highest BCUT2D eigenvalue weighted by molar-refractivity contribution is 7.15. The summed E-state index contributed by atoms with van der Waals surface area (Å²) in [6, 6.07) is 9.92. The van der Waals surface area contributed by atoms with Crippen LogP contribution >= 0.6 is 11.3 Å². The maximum atomic E-state index is 12.4. The van der Waals surface area contributed by atoms with Gasteiger partial charge in [-0.1, -0.05) is 82.2 Å². The molecule has 0 saturated heterocycles. The van der Waals surface area contributed by atoms with Gasteiger partial charge in [0.05, 0.1) is 16.5 Å². The average Bonchev–Trinajstić information content (AvgIpc) is 3.03. The van der Waals surface area contributed by atoms with E-state index in [0.717, 1.165) is 28.3 Å². The smallest absolute Gasteiger partial charge is 0.358 e. The van der Waals surface area contributed by atoms with Crippen molar-refractivity contribution >= 4 is 17.3 Å². The molecule has 3 nitrogen and oxygen atoms in total. The fourth-order valence-corrected chi connectivity index (χ4v) is 3.73. The van der Waals surface area contributed by atoms with Gasteiger partial charge in [-0.05, 0) is 18.9 Å². The number of esters is 1. The van der Waals surface area contributed by atoms with Crippen molar-refractivity contribution < 1.29 is 9.53 Å². The molecule has 0 unspecified atom stereocenters. The molecule has 2 aromatic rings. The zero-order valence-electron chi connectivity index (χ0n) is 15.4. The standard InChI is InChI=1S/C21H29NO2S/c1-3-4-5-6-7-8-9-13-16-24-21(23)19-20(25-17(2)22-19)18-14-11-10-12-15-18/h10-12,14-15H,3-9,13,16H2,1-2H3. The molecule has 0 aliphatic heterocycles. The minimum Gasteiger partial charge on any atom is -0.461 e. The molecule has 1 aromatic heterocycles. The number of carbonyl (C=O) groups is 1. The lowest BCUT2D eigenvalue weighted by Crippen LogP contribution is -2.08. The first kappa shape index (κ1) is 19.6. The maximum Gasteiger partial charge on any atom is 0.358 e. The second kappa shape index (κ2) is 11.0. The first-order chi connectivity index (χ1) is 12.2. The second-order valence-corrected chi connectivity index (χ2v) is 7.59. The summed E-state index contributed by atoms with van der Waals surface area (Å²) >= 11 is 1.54. The van der Waals surface area contributed by atoms with E-state index in [4.69, 9.17) is 4.74 Å². The van der Waals surface area contributed by atoms with Crippen LogP contribution in [0.3, 0.4) is 0 Å². The lowest BCUT2D eigenvalue weighted by Gasteiger charge is -2.05.